The molecule has 1 saturated heterocycles. The Morgan fingerprint density at radius 1 is 1.40 bits per heavy atom. The van der Waals surface area contributed by atoms with E-state index in [1.54, 1.807) is 12.4 Å². The maximum atomic E-state index is 12.7. The molecule has 0 aromatic carbocycles. The Balaban J connectivity index is 1.44. The zero-order valence-corrected chi connectivity index (χ0v) is 14.4. The average Bonchev–Trinajstić information content (AvgIpc) is 3.31. The lowest BCUT2D eigenvalue weighted by atomic mass is 9.94. The van der Waals surface area contributed by atoms with E-state index in [-0.39, 0.29) is 11.9 Å². The average molecular weight is 337 g/mol. The molecule has 1 aliphatic rings. The Kier molecular flexibility index (Phi) is 4.26. The lowest BCUT2D eigenvalue weighted by Gasteiger charge is -2.33. The Hall–Kier alpha value is -2.63. The van der Waals surface area contributed by atoms with Gasteiger partial charge in [0.2, 0.25) is 5.91 Å². The minimum atomic E-state index is 0.0835. The van der Waals surface area contributed by atoms with E-state index in [4.69, 9.17) is 0 Å². The smallest absolute Gasteiger partial charge is 0.224 e. The number of aromatic amines is 1. The van der Waals surface area contributed by atoms with Crippen LogP contribution in [0.3, 0.4) is 0 Å². The molecule has 6 nitrogen and oxygen atoms in total. The Morgan fingerprint density at radius 3 is 3.12 bits per heavy atom. The van der Waals surface area contributed by atoms with E-state index < -0.39 is 0 Å². The number of likely N-dealkylation sites (tertiary alicyclic amines) is 1. The molecule has 1 amide bonds. The molecular formula is C19H23N5O. The van der Waals surface area contributed by atoms with Gasteiger partial charge in [0, 0.05) is 55.1 Å². The van der Waals surface area contributed by atoms with E-state index in [2.05, 4.69) is 27.2 Å². The van der Waals surface area contributed by atoms with Crippen molar-refractivity contribution in [2.75, 3.05) is 13.1 Å². The molecule has 2 atom stereocenters. The van der Waals surface area contributed by atoms with Crippen LogP contribution in [0.5, 0.6) is 0 Å². The van der Waals surface area contributed by atoms with Gasteiger partial charge in [0.15, 0.2) is 0 Å². The number of pyridine rings is 1. The van der Waals surface area contributed by atoms with Gasteiger partial charge in [0.1, 0.15) is 5.65 Å². The summed E-state index contributed by atoms with van der Waals surface area (Å²) in [4.78, 5) is 22.5. The molecule has 130 valence electrons. The van der Waals surface area contributed by atoms with Crippen molar-refractivity contribution < 1.29 is 4.79 Å². The van der Waals surface area contributed by atoms with E-state index in [1.165, 1.54) is 5.69 Å². The first-order valence-corrected chi connectivity index (χ1v) is 8.91. The topological polar surface area (TPSA) is 66.8 Å². The number of hydrogen-bond donors (Lipinski definition) is 1. The molecule has 4 heterocycles. The monoisotopic (exact) mass is 337 g/mol. The molecule has 25 heavy (non-hydrogen) atoms. The van der Waals surface area contributed by atoms with Crippen LogP contribution in [0.1, 0.15) is 43.8 Å². The number of carbonyl (C=O) groups excluding carboxylic acids is 1. The Bertz CT molecular complexity index is 821. The van der Waals surface area contributed by atoms with Crippen molar-refractivity contribution in [1.29, 1.82) is 0 Å². The third-order valence-corrected chi connectivity index (χ3v) is 5.07. The fourth-order valence-electron chi connectivity index (χ4n) is 3.67. The standard InChI is InChI=1S/C19H23N5O/c1-14(24-10-4-8-21-24)11-18(25)23-9-3-6-16(13-23)17-12-15-5-2-7-20-19(15)22-17/h2,4-5,7-8,10,12,14,16H,3,6,9,11,13H2,1H3,(H,20,22). The summed E-state index contributed by atoms with van der Waals surface area (Å²) in [7, 11) is 0. The Morgan fingerprint density at radius 2 is 2.32 bits per heavy atom. The fourth-order valence-corrected chi connectivity index (χ4v) is 3.67. The van der Waals surface area contributed by atoms with Gasteiger partial charge in [-0.15, -0.1) is 0 Å². The summed E-state index contributed by atoms with van der Waals surface area (Å²) in [5.74, 6) is 0.564. The van der Waals surface area contributed by atoms with E-state index in [0.29, 0.717) is 12.3 Å². The number of rotatable bonds is 4. The highest BCUT2D eigenvalue weighted by molar-refractivity contribution is 5.78. The highest BCUT2D eigenvalue weighted by atomic mass is 16.2. The predicted octanol–water partition coefficient (Wildman–Crippen LogP) is 3.12. The van der Waals surface area contributed by atoms with Gasteiger partial charge in [-0.2, -0.15) is 5.10 Å². The van der Waals surface area contributed by atoms with E-state index in [9.17, 15) is 4.79 Å². The number of H-pyrrole nitrogens is 1. The second-order valence-corrected chi connectivity index (χ2v) is 6.88. The molecule has 1 aliphatic heterocycles. The van der Waals surface area contributed by atoms with Crippen molar-refractivity contribution in [2.24, 2.45) is 0 Å². The molecule has 6 heteroatoms. The lowest BCUT2D eigenvalue weighted by molar-refractivity contribution is -0.133. The van der Waals surface area contributed by atoms with Gasteiger partial charge < -0.3 is 9.88 Å². The molecule has 0 saturated carbocycles. The minimum Gasteiger partial charge on any atom is -0.343 e. The summed E-state index contributed by atoms with van der Waals surface area (Å²) in [5, 5.41) is 5.37. The number of fused-ring (bicyclic) bond motifs is 1. The molecule has 3 aromatic rings. The quantitative estimate of drug-likeness (QED) is 0.795. The molecule has 3 aromatic heterocycles. The van der Waals surface area contributed by atoms with Crippen molar-refractivity contribution in [2.45, 2.75) is 38.1 Å². The second-order valence-electron chi connectivity index (χ2n) is 6.88. The number of hydrogen-bond acceptors (Lipinski definition) is 3. The van der Waals surface area contributed by atoms with Crippen LogP contribution in [0.15, 0.2) is 42.9 Å². The van der Waals surface area contributed by atoms with Crippen LogP contribution in [0.4, 0.5) is 0 Å². The first-order chi connectivity index (χ1) is 12.2. The highest BCUT2D eigenvalue weighted by Crippen LogP contribution is 2.29. The molecular weight excluding hydrogens is 314 g/mol. The predicted molar refractivity (Wildman–Crippen MR) is 96.2 cm³/mol. The summed E-state index contributed by atoms with van der Waals surface area (Å²) in [5.41, 5.74) is 2.11. The van der Waals surface area contributed by atoms with Crippen LogP contribution in [0, 0.1) is 0 Å². The van der Waals surface area contributed by atoms with Gasteiger partial charge >= 0.3 is 0 Å². The van der Waals surface area contributed by atoms with Crippen molar-refractivity contribution >= 4 is 16.9 Å². The van der Waals surface area contributed by atoms with Gasteiger partial charge in [-0.05, 0) is 44.0 Å². The zero-order valence-electron chi connectivity index (χ0n) is 14.4. The van der Waals surface area contributed by atoms with Gasteiger partial charge in [-0.25, -0.2) is 4.98 Å². The number of amides is 1. The number of nitrogens with zero attached hydrogens (tertiary/aromatic N) is 4. The van der Waals surface area contributed by atoms with Crippen LogP contribution in [0.25, 0.3) is 11.0 Å². The molecule has 0 spiro atoms. The van der Waals surface area contributed by atoms with Gasteiger partial charge in [0.05, 0.1) is 6.04 Å². The molecule has 0 bridgehead atoms. The zero-order chi connectivity index (χ0) is 17.2. The van der Waals surface area contributed by atoms with Gasteiger partial charge in [-0.1, -0.05) is 0 Å². The molecule has 0 radical (unpaired) electrons. The van der Waals surface area contributed by atoms with E-state index in [1.807, 2.05) is 34.8 Å². The number of aromatic nitrogens is 4. The van der Waals surface area contributed by atoms with Crippen molar-refractivity contribution in [3.05, 3.63) is 48.5 Å². The number of piperidine rings is 1. The largest absolute Gasteiger partial charge is 0.343 e. The Labute approximate surface area is 146 Å². The fraction of sp³-hybridized carbons (Fsp3) is 0.421. The normalized spacial score (nSPS) is 19.2. The highest BCUT2D eigenvalue weighted by Gasteiger charge is 2.27. The molecule has 2 unspecified atom stereocenters. The van der Waals surface area contributed by atoms with Crippen molar-refractivity contribution in [1.82, 2.24) is 24.6 Å². The summed E-state index contributed by atoms with van der Waals surface area (Å²) < 4.78 is 1.85. The third-order valence-electron chi connectivity index (χ3n) is 5.07. The number of nitrogens with one attached hydrogen (secondary N) is 1. The second kappa shape index (κ2) is 6.70. The summed E-state index contributed by atoms with van der Waals surface area (Å²) in [6, 6.07) is 8.17. The van der Waals surface area contributed by atoms with E-state index in [0.717, 1.165) is 37.0 Å². The van der Waals surface area contributed by atoms with Crippen molar-refractivity contribution in [3.63, 3.8) is 0 Å². The first-order valence-electron chi connectivity index (χ1n) is 8.91. The van der Waals surface area contributed by atoms with Gasteiger partial charge in [0.25, 0.3) is 0 Å². The third kappa shape index (κ3) is 3.29. The van der Waals surface area contributed by atoms with Crippen LogP contribution in [-0.4, -0.2) is 43.6 Å². The molecule has 0 aliphatic carbocycles. The summed E-state index contributed by atoms with van der Waals surface area (Å²) in [6.07, 6.45) is 8.09. The van der Waals surface area contributed by atoms with Gasteiger partial charge in [-0.3, -0.25) is 9.48 Å². The lowest BCUT2D eigenvalue weighted by Crippen LogP contribution is -2.40. The number of carbonyl (C=O) groups is 1. The minimum absolute atomic E-state index is 0.0835. The maximum Gasteiger partial charge on any atom is 0.224 e. The SMILES string of the molecule is CC(CC(=O)N1CCCC(c2cc3cccnc3[nH]2)C1)n1cccn1. The summed E-state index contributed by atoms with van der Waals surface area (Å²) >= 11 is 0. The van der Waals surface area contributed by atoms with Crippen LogP contribution in [-0.2, 0) is 4.79 Å². The molecule has 4 rings (SSSR count). The first kappa shape index (κ1) is 15.9. The molecule has 1 N–H and O–H groups in total. The maximum absolute atomic E-state index is 12.7. The van der Waals surface area contributed by atoms with Crippen LogP contribution < -0.4 is 0 Å². The summed E-state index contributed by atoms with van der Waals surface area (Å²) in [6.45, 7) is 3.66. The molecule has 1 fully saturated rings. The van der Waals surface area contributed by atoms with E-state index >= 15 is 0 Å². The van der Waals surface area contributed by atoms with Crippen LogP contribution in [0.2, 0.25) is 0 Å². The van der Waals surface area contributed by atoms with Crippen molar-refractivity contribution in [3.8, 4) is 0 Å². The van der Waals surface area contributed by atoms with Crippen LogP contribution >= 0.6 is 0 Å².